The van der Waals surface area contributed by atoms with E-state index in [2.05, 4.69) is 4.98 Å². The molecule has 0 N–H and O–H groups in total. The molecule has 0 atom stereocenters. The number of aldehydes is 1. The van der Waals surface area contributed by atoms with Gasteiger partial charge in [0.1, 0.15) is 17.4 Å². The monoisotopic (exact) mass is 391 g/mol. The second-order valence-corrected chi connectivity index (χ2v) is 6.21. The van der Waals surface area contributed by atoms with Crippen molar-refractivity contribution in [2.24, 2.45) is 0 Å². The van der Waals surface area contributed by atoms with Gasteiger partial charge in [-0.1, -0.05) is 23.4 Å². The molecule has 4 nitrogen and oxygen atoms in total. The van der Waals surface area contributed by atoms with Crippen LogP contribution in [0.3, 0.4) is 0 Å². The summed E-state index contributed by atoms with van der Waals surface area (Å²) >= 11 is 6.89. The van der Waals surface area contributed by atoms with Gasteiger partial charge in [-0.25, -0.2) is 4.98 Å². The first-order chi connectivity index (χ1) is 11.8. The summed E-state index contributed by atoms with van der Waals surface area (Å²) in [5.41, 5.74) is -0.587. The zero-order chi connectivity index (χ0) is 18.4. The van der Waals surface area contributed by atoms with Crippen molar-refractivity contribution in [2.75, 3.05) is 20.3 Å². The minimum absolute atomic E-state index is 0.151. The molecule has 0 spiro atoms. The summed E-state index contributed by atoms with van der Waals surface area (Å²) in [6.07, 6.45) is -3.18. The number of ether oxygens (including phenoxy) is 2. The van der Waals surface area contributed by atoms with Gasteiger partial charge in [0.25, 0.3) is 0 Å². The lowest BCUT2D eigenvalue weighted by Crippen LogP contribution is -2.05. The maximum absolute atomic E-state index is 12.7. The topological polar surface area (TPSA) is 48.4 Å². The van der Waals surface area contributed by atoms with E-state index >= 15 is 0 Å². The Bertz CT molecular complexity index is 756. The van der Waals surface area contributed by atoms with Crippen molar-refractivity contribution >= 4 is 29.6 Å². The van der Waals surface area contributed by atoms with Crippen LogP contribution in [-0.2, 0) is 10.9 Å². The van der Waals surface area contributed by atoms with Gasteiger partial charge in [-0.15, -0.1) is 0 Å². The molecule has 2 aromatic rings. The van der Waals surface area contributed by atoms with Crippen LogP contribution in [0.4, 0.5) is 13.2 Å². The highest BCUT2D eigenvalue weighted by molar-refractivity contribution is 7.99. The smallest absolute Gasteiger partial charge is 0.417 e. The third-order valence-corrected chi connectivity index (χ3v) is 4.50. The molecule has 25 heavy (non-hydrogen) atoms. The van der Waals surface area contributed by atoms with Crippen LogP contribution in [0.25, 0.3) is 0 Å². The average molecular weight is 392 g/mol. The molecule has 2 rings (SSSR count). The Hall–Kier alpha value is -1.77. The van der Waals surface area contributed by atoms with Gasteiger partial charge in [0.05, 0.1) is 17.2 Å². The number of carbonyl (C=O) groups is 1. The molecule has 9 heteroatoms. The molecule has 0 saturated heterocycles. The summed E-state index contributed by atoms with van der Waals surface area (Å²) < 4.78 is 48.3. The third kappa shape index (κ3) is 5.35. The van der Waals surface area contributed by atoms with E-state index in [0.29, 0.717) is 41.9 Å². The van der Waals surface area contributed by atoms with E-state index in [1.807, 2.05) is 0 Å². The highest BCUT2D eigenvalue weighted by atomic mass is 35.5. The van der Waals surface area contributed by atoms with Crippen molar-refractivity contribution in [1.29, 1.82) is 0 Å². The predicted molar refractivity (Wildman–Crippen MR) is 87.6 cm³/mol. The number of carbonyl (C=O) groups excluding carboxylic acids is 1. The van der Waals surface area contributed by atoms with Gasteiger partial charge in [0, 0.05) is 23.8 Å². The van der Waals surface area contributed by atoms with E-state index < -0.39 is 11.7 Å². The molecule has 0 saturated carbocycles. The number of benzene rings is 1. The number of nitrogens with zero attached hydrogens (tertiary/aromatic N) is 1. The summed E-state index contributed by atoms with van der Waals surface area (Å²) in [5.74, 6) is 0.494. The van der Waals surface area contributed by atoms with Crippen molar-refractivity contribution < 1.29 is 27.4 Å². The Morgan fingerprint density at radius 1 is 1.28 bits per heavy atom. The maximum atomic E-state index is 12.7. The van der Waals surface area contributed by atoms with Crippen LogP contribution >= 0.6 is 23.4 Å². The fourth-order valence-corrected chi connectivity index (χ4v) is 2.95. The van der Waals surface area contributed by atoms with E-state index in [0.717, 1.165) is 17.8 Å². The Morgan fingerprint density at radius 2 is 2.04 bits per heavy atom. The van der Waals surface area contributed by atoms with Crippen molar-refractivity contribution in [2.45, 2.75) is 16.1 Å². The highest BCUT2D eigenvalue weighted by Crippen LogP contribution is 2.38. The van der Waals surface area contributed by atoms with Gasteiger partial charge in [-0.05, 0) is 24.3 Å². The Kier molecular flexibility index (Phi) is 6.69. The normalized spacial score (nSPS) is 11.4. The Labute approximate surface area is 151 Å². The number of aromatic nitrogens is 1. The molecule has 1 aromatic carbocycles. The van der Waals surface area contributed by atoms with Gasteiger partial charge in [-0.3, -0.25) is 4.79 Å². The van der Waals surface area contributed by atoms with Crippen molar-refractivity contribution in [3.63, 3.8) is 0 Å². The first kappa shape index (κ1) is 19.6. The largest absolute Gasteiger partial charge is 0.491 e. The minimum atomic E-state index is -4.52. The fourth-order valence-electron chi connectivity index (χ4n) is 1.79. The summed E-state index contributed by atoms with van der Waals surface area (Å²) in [6.45, 7) is 0.713. The summed E-state index contributed by atoms with van der Waals surface area (Å²) in [5, 5.41) is 0.00851. The molecule has 0 fully saturated rings. The lowest BCUT2D eigenvalue weighted by molar-refractivity contribution is -0.137. The molecule has 1 aromatic heterocycles. The van der Waals surface area contributed by atoms with E-state index in [9.17, 15) is 18.0 Å². The molecule has 134 valence electrons. The predicted octanol–water partition coefficient (Wildman–Crippen LogP) is 4.74. The zero-order valence-electron chi connectivity index (χ0n) is 13.0. The number of hydrogen-bond donors (Lipinski definition) is 0. The van der Waals surface area contributed by atoms with Crippen LogP contribution in [0.1, 0.15) is 15.9 Å². The molecule has 1 heterocycles. The number of alkyl halides is 3. The molecule has 0 aliphatic carbocycles. The van der Waals surface area contributed by atoms with Gasteiger partial charge < -0.3 is 9.47 Å². The molecule has 0 bridgehead atoms. The number of halogens is 4. The maximum Gasteiger partial charge on any atom is 0.417 e. The van der Waals surface area contributed by atoms with Crippen LogP contribution < -0.4 is 4.74 Å². The van der Waals surface area contributed by atoms with E-state index in [1.165, 1.54) is 0 Å². The molecule has 0 aliphatic heterocycles. The Balaban J connectivity index is 2.26. The first-order valence-electron chi connectivity index (χ1n) is 6.96. The van der Waals surface area contributed by atoms with Crippen LogP contribution in [-0.4, -0.2) is 31.6 Å². The average Bonchev–Trinajstić information content (AvgIpc) is 2.56. The third-order valence-electron chi connectivity index (χ3n) is 3.01. The van der Waals surface area contributed by atoms with Crippen molar-refractivity contribution in [1.82, 2.24) is 4.98 Å². The van der Waals surface area contributed by atoms with E-state index in [4.69, 9.17) is 21.1 Å². The van der Waals surface area contributed by atoms with Crippen molar-refractivity contribution in [3.05, 3.63) is 46.6 Å². The van der Waals surface area contributed by atoms with Crippen LogP contribution in [0.15, 0.2) is 40.4 Å². The van der Waals surface area contributed by atoms with Gasteiger partial charge in [-0.2, -0.15) is 13.2 Å². The van der Waals surface area contributed by atoms with Gasteiger partial charge in [0.2, 0.25) is 0 Å². The molecular formula is C16H13ClF3NO3S. The van der Waals surface area contributed by atoms with Gasteiger partial charge in [0.15, 0.2) is 6.29 Å². The quantitative estimate of drug-likeness (QED) is 0.504. The molecule has 0 amide bonds. The molecule has 0 unspecified atom stereocenters. The summed E-state index contributed by atoms with van der Waals surface area (Å²) in [4.78, 5) is 15.4. The van der Waals surface area contributed by atoms with E-state index in [1.54, 1.807) is 25.3 Å². The molecule has 0 aliphatic rings. The second-order valence-electron chi connectivity index (χ2n) is 4.77. The van der Waals surface area contributed by atoms with Crippen LogP contribution in [0.5, 0.6) is 5.75 Å². The summed E-state index contributed by atoms with van der Waals surface area (Å²) in [6, 6.07) is 5.57. The number of rotatable bonds is 7. The zero-order valence-corrected chi connectivity index (χ0v) is 14.5. The van der Waals surface area contributed by atoms with Crippen LogP contribution in [0, 0.1) is 0 Å². The Morgan fingerprint density at radius 3 is 2.64 bits per heavy atom. The number of pyridine rings is 1. The minimum Gasteiger partial charge on any atom is -0.491 e. The molecular weight excluding hydrogens is 379 g/mol. The van der Waals surface area contributed by atoms with E-state index in [-0.39, 0.29) is 10.0 Å². The number of hydrogen-bond acceptors (Lipinski definition) is 5. The second kappa shape index (κ2) is 8.55. The highest BCUT2D eigenvalue weighted by Gasteiger charge is 2.31. The van der Waals surface area contributed by atoms with Gasteiger partial charge >= 0.3 is 6.18 Å². The SMILES string of the molecule is COCCOc1ccc(C=O)c(Sc2ncc(C(F)(F)F)cc2Cl)c1. The first-order valence-corrected chi connectivity index (χ1v) is 8.16. The summed E-state index contributed by atoms with van der Waals surface area (Å²) in [7, 11) is 1.54. The fraction of sp³-hybridized carbons (Fsp3) is 0.250. The lowest BCUT2D eigenvalue weighted by atomic mass is 10.2. The van der Waals surface area contributed by atoms with Crippen molar-refractivity contribution in [3.8, 4) is 5.75 Å². The molecule has 0 radical (unpaired) electrons. The van der Waals surface area contributed by atoms with Crippen LogP contribution in [0.2, 0.25) is 5.02 Å². The standard InChI is InChI=1S/C16H13ClF3NO3S/c1-23-4-5-24-12-3-2-10(9-22)14(7-12)25-15-13(17)6-11(8-21-15)16(18,19)20/h2-3,6-9H,4-5H2,1H3. The number of methoxy groups -OCH3 is 1. The lowest BCUT2D eigenvalue weighted by Gasteiger charge is -2.11.